The molecule has 0 aliphatic rings. The van der Waals surface area contributed by atoms with E-state index >= 15 is 0 Å². The highest BCUT2D eigenvalue weighted by Crippen LogP contribution is 2.33. The van der Waals surface area contributed by atoms with Gasteiger partial charge in [0.25, 0.3) is 0 Å². The highest BCUT2D eigenvalue weighted by molar-refractivity contribution is 5.28. The van der Waals surface area contributed by atoms with Gasteiger partial charge in [-0.3, -0.25) is 0 Å². The van der Waals surface area contributed by atoms with Crippen LogP contribution in [0.1, 0.15) is 43.9 Å². The Hall–Kier alpha value is -1.14. The van der Waals surface area contributed by atoms with Crippen molar-refractivity contribution in [3.05, 3.63) is 35.1 Å². The molecule has 0 bridgehead atoms. The molecule has 0 saturated heterocycles. The fourth-order valence-electron chi connectivity index (χ4n) is 1.72. The monoisotopic (exact) mass is 294 g/mol. The number of methoxy groups -OCH3 is 1. The lowest BCUT2D eigenvalue weighted by molar-refractivity contribution is -0.137. The van der Waals surface area contributed by atoms with Crippen molar-refractivity contribution in [3.8, 4) is 0 Å². The summed E-state index contributed by atoms with van der Waals surface area (Å²) in [5.74, 6) is -0.847. The molecule has 1 rings (SSSR count). The van der Waals surface area contributed by atoms with Crippen LogP contribution in [0.3, 0.4) is 0 Å². The molecule has 2 nitrogen and oxygen atoms in total. The maximum absolute atomic E-state index is 13.6. The first kappa shape index (κ1) is 16.9. The first-order valence-corrected chi connectivity index (χ1v) is 6.17. The van der Waals surface area contributed by atoms with Gasteiger partial charge >= 0.3 is 6.18 Å². The molecule has 0 aromatic heterocycles. The topological polar surface area (TPSA) is 29.5 Å². The molecule has 0 fully saturated rings. The molecule has 6 heteroatoms. The third kappa shape index (κ3) is 4.45. The second-order valence-corrected chi connectivity index (χ2v) is 5.25. The van der Waals surface area contributed by atoms with E-state index in [0.717, 1.165) is 6.07 Å². The number of hydrogen-bond acceptors (Lipinski definition) is 2. The van der Waals surface area contributed by atoms with Gasteiger partial charge in [-0.05, 0) is 44.9 Å². The average molecular weight is 294 g/mol. The number of aliphatic hydroxyl groups excluding tert-OH is 1. The van der Waals surface area contributed by atoms with Gasteiger partial charge in [0.1, 0.15) is 5.82 Å². The average Bonchev–Trinajstić information content (AvgIpc) is 2.35. The standard InChI is InChI=1S/C14H18F4O2/c1-13(2,20-3)7-6-12(19)10-8-9(14(16,17)18)4-5-11(10)15/h4-5,8,12,19H,6-7H2,1-3H3. The molecular formula is C14H18F4O2. The van der Waals surface area contributed by atoms with Crippen LogP contribution in [0.4, 0.5) is 17.6 Å². The molecule has 0 radical (unpaired) electrons. The largest absolute Gasteiger partial charge is 0.416 e. The van der Waals surface area contributed by atoms with E-state index in [-0.39, 0.29) is 12.0 Å². The molecule has 0 spiro atoms. The van der Waals surface area contributed by atoms with Crippen LogP contribution in [-0.4, -0.2) is 17.8 Å². The molecule has 1 N–H and O–H groups in total. The Labute approximate surface area is 115 Å². The summed E-state index contributed by atoms with van der Waals surface area (Å²) < 4.78 is 56.4. The van der Waals surface area contributed by atoms with Gasteiger partial charge < -0.3 is 9.84 Å². The lowest BCUT2D eigenvalue weighted by atomic mass is 9.95. The van der Waals surface area contributed by atoms with Crippen LogP contribution in [0.5, 0.6) is 0 Å². The summed E-state index contributed by atoms with van der Waals surface area (Å²) in [7, 11) is 1.50. The van der Waals surface area contributed by atoms with E-state index in [1.165, 1.54) is 7.11 Å². The number of aliphatic hydroxyl groups is 1. The third-order valence-electron chi connectivity index (χ3n) is 3.25. The Morgan fingerprint density at radius 2 is 1.85 bits per heavy atom. The van der Waals surface area contributed by atoms with E-state index in [1.54, 1.807) is 13.8 Å². The Balaban J connectivity index is 2.90. The van der Waals surface area contributed by atoms with E-state index in [0.29, 0.717) is 18.6 Å². The highest BCUT2D eigenvalue weighted by atomic mass is 19.4. The first-order valence-electron chi connectivity index (χ1n) is 6.17. The fourth-order valence-corrected chi connectivity index (χ4v) is 1.72. The van der Waals surface area contributed by atoms with Crippen molar-refractivity contribution in [1.82, 2.24) is 0 Å². The van der Waals surface area contributed by atoms with Crippen LogP contribution in [0.15, 0.2) is 18.2 Å². The molecule has 1 aromatic rings. The van der Waals surface area contributed by atoms with Crippen molar-refractivity contribution in [2.24, 2.45) is 0 Å². The maximum Gasteiger partial charge on any atom is 0.416 e. The summed E-state index contributed by atoms with van der Waals surface area (Å²) >= 11 is 0. The van der Waals surface area contributed by atoms with E-state index in [1.807, 2.05) is 0 Å². The van der Waals surface area contributed by atoms with Gasteiger partial charge in [0, 0.05) is 12.7 Å². The number of ether oxygens (including phenoxy) is 1. The fraction of sp³-hybridized carbons (Fsp3) is 0.571. The van der Waals surface area contributed by atoms with Crippen LogP contribution in [0.25, 0.3) is 0 Å². The van der Waals surface area contributed by atoms with E-state index < -0.39 is 29.3 Å². The van der Waals surface area contributed by atoms with Gasteiger partial charge in [-0.25, -0.2) is 4.39 Å². The van der Waals surface area contributed by atoms with Crippen LogP contribution < -0.4 is 0 Å². The third-order valence-corrected chi connectivity index (χ3v) is 3.25. The number of hydrogen-bond donors (Lipinski definition) is 1. The van der Waals surface area contributed by atoms with Crippen LogP contribution in [0.2, 0.25) is 0 Å². The minimum absolute atomic E-state index is 0.110. The molecule has 1 unspecified atom stereocenters. The molecule has 0 heterocycles. The quantitative estimate of drug-likeness (QED) is 0.829. The molecule has 1 atom stereocenters. The lowest BCUT2D eigenvalue weighted by Crippen LogP contribution is -2.23. The predicted octanol–water partition coefficient (Wildman–Crippen LogP) is 4.08. The molecule has 0 saturated carbocycles. The van der Waals surface area contributed by atoms with Crippen molar-refractivity contribution >= 4 is 0 Å². The van der Waals surface area contributed by atoms with Crippen LogP contribution >= 0.6 is 0 Å². The van der Waals surface area contributed by atoms with Crippen LogP contribution in [-0.2, 0) is 10.9 Å². The lowest BCUT2D eigenvalue weighted by Gasteiger charge is -2.24. The molecule has 0 aliphatic heterocycles. The highest BCUT2D eigenvalue weighted by Gasteiger charge is 2.32. The van der Waals surface area contributed by atoms with Gasteiger partial charge in [0.05, 0.1) is 17.3 Å². The van der Waals surface area contributed by atoms with E-state index in [2.05, 4.69) is 0 Å². The van der Waals surface area contributed by atoms with Gasteiger partial charge in [0.2, 0.25) is 0 Å². The Morgan fingerprint density at radius 1 is 1.25 bits per heavy atom. The molecule has 0 aliphatic carbocycles. The van der Waals surface area contributed by atoms with E-state index in [4.69, 9.17) is 4.74 Å². The van der Waals surface area contributed by atoms with Crippen molar-refractivity contribution in [2.45, 2.75) is 44.6 Å². The van der Waals surface area contributed by atoms with Crippen molar-refractivity contribution in [2.75, 3.05) is 7.11 Å². The van der Waals surface area contributed by atoms with Gasteiger partial charge in [0.15, 0.2) is 0 Å². The number of benzene rings is 1. The van der Waals surface area contributed by atoms with E-state index in [9.17, 15) is 22.7 Å². The van der Waals surface area contributed by atoms with Crippen molar-refractivity contribution in [1.29, 1.82) is 0 Å². The number of alkyl halides is 3. The molecule has 20 heavy (non-hydrogen) atoms. The first-order chi connectivity index (χ1) is 9.07. The molecular weight excluding hydrogens is 276 g/mol. The SMILES string of the molecule is COC(C)(C)CCC(O)c1cc(C(F)(F)F)ccc1F. The second-order valence-electron chi connectivity index (χ2n) is 5.25. The van der Waals surface area contributed by atoms with Crippen molar-refractivity contribution in [3.63, 3.8) is 0 Å². The number of halogens is 4. The summed E-state index contributed by atoms with van der Waals surface area (Å²) in [4.78, 5) is 0. The Kier molecular flexibility index (Phi) is 5.15. The minimum atomic E-state index is -4.56. The Morgan fingerprint density at radius 3 is 2.35 bits per heavy atom. The molecule has 114 valence electrons. The molecule has 1 aromatic carbocycles. The summed E-state index contributed by atoms with van der Waals surface area (Å²) in [6, 6.07) is 2.04. The van der Waals surface area contributed by atoms with Gasteiger partial charge in [-0.2, -0.15) is 13.2 Å². The smallest absolute Gasteiger partial charge is 0.388 e. The van der Waals surface area contributed by atoms with Gasteiger partial charge in [-0.1, -0.05) is 0 Å². The zero-order valence-corrected chi connectivity index (χ0v) is 11.6. The second kappa shape index (κ2) is 6.10. The summed E-state index contributed by atoms with van der Waals surface area (Å²) in [6.45, 7) is 3.56. The zero-order valence-electron chi connectivity index (χ0n) is 11.6. The zero-order chi connectivity index (χ0) is 15.6. The minimum Gasteiger partial charge on any atom is -0.388 e. The van der Waals surface area contributed by atoms with Gasteiger partial charge in [-0.15, -0.1) is 0 Å². The molecule has 0 amide bonds. The number of rotatable bonds is 5. The van der Waals surface area contributed by atoms with Crippen LogP contribution in [0, 0.1) is 5.82 Å². The normalized spacial score (nSPS) is 14.4. The predicted molar refractivity (Wildman–Crippen MR) is 66.7 cm³/mol. The maximum atomic E-state index is 13.6. The summed E-state index contributed by atoms with van der Waals surface area (Å²) in [5, 5.41) is 9.89. The Bertz CT molecular complexity index is 455. The van der Waals surface area contributed by atoms with Crippen molar-refractivity contribution < 1.29 is 27.4 Å². The summed E-state index contributed by atoms with van der Waals surface area (Å²) in [6.07, 6.45) is -5.36. The summed E-state index contributed by atoms with van der Waals surface area (Å²) in [5.41, 5.74) is -1.84.